The van der Waals surface area contributed by atoms with Crippen LogP contribution in [0.15, 0.2) is 72.0 Å². The first-order valence-corrected chi connectivity index (χ1v) is 9.39. The Labute approximate surface area is 175 Å². The van der Waals surface area contributed by atoms with Crippen LogP contribution in [0.25, 0.3) is 0 Å². The molecule has 0 atom stereocenters. The monoisotopic (exact) mass is 404 g/mol. The fourth-order valence-electron chi connectivity index (χ4n) is 2.70. The number of aliphatic imine (C=N–C) groups is 1. The van der Waals surface area contributed by atoms with Gasteiger partial charge >= 0.3 is 0 Å². The molecule has 2 aromatic carbocycles. The maximum absolute atomic E-state index is 12.8. The number of guanidine groups is 1. The Kier molecular flexibility index (Phi) is 7.00. The number of rotatable bonds is 6. The highest BCUT2D eigenvalue weighted by Crippen LogP contribution is 2.27. The second-order valence-corrected chi connectivity index (χ2v) is 6.54. The first kappa shape index (κ1) is 20.9. The topological polar surface area (TPSA) is 84.8 Å². The third-order valence-electron chi connectivity index (χ3n) is 4.36. The van der Waals surface area contributed by atoms with E-state index in [0.717, 1.165) is 16.8 Å². The van der Waals surface area contributed by atoms with Gasteiger partial charge in [-0.05, 0) is 55.0 Å². The highest BCUT2D eigenvalue weighted by molar-refractivity contribution is 6.10. The van der Waals surface area contributed by atoms with Gasteiger partial charge in [-0.1, -0.05) is 17.7 Å². The molecular weight excluding hydrogens is 380 g/mol. The maximum atomic E-state index is 12.8. The van der Waals surface area contributed by atoms with Crippen LogP contribution in [0.3, 0.4) is 0 Å². The van der Waals surface area contributed by atoms with Crippen LogP contribution in [0.2, 0.25) is 0 Å². The molecule has 2 N–H and O–H groups in total. The molecule has 0 bridgehead atoms. The molecule has 154 valence electrons. The zero-order valence-electron chi connectivity index (χ0n) is 17.2. The molecule has 0 fully saturated rings. The van der Waals surface area contributed by atoms with E-state index in [4.69, 9.17) is 9.47 Å². The number of anilines is 1. The molecule has 7 nitrogen and oxygen atoms in total. The van der Waals surface area contributed by atoms with Gasteiger partial charge in [0.1, 0.15) is 0 Å². The Morgan fingerprint density at radius 2 is 1.67 bits per heavy atom. The molecule has 0 saturated carbocycles. The van der Waals surface area contributed by atoms with Crippen molar-refractivity contribution in [3.05, 3.63) is 83.7 Å². The molecule has 7 heteroatoms. The number of benzene rings is 2. The van der Waals surface area contributed by atoms with Crippen LogP contribution >= 0.6 is 0 Å². The van der Waals surface area contributed by atoms with Gasteiger partial charge in [0.2, 0.25) is 5.96 Å². The molecule has 3 aromatic rings. The molecule has 0 aliphatic carbocycles. The van der Waals surface area contributed by atoms with Crippen molar-refractivity contribution >= 4 is 17.6 Å². The molecule has 0 aliphatic rings. The molecule has 0 spiro atoms. The minimum atomic E-state index is -0.316. The SMILES string of the molecule is COc1ccc(C(=O)NC(=NCc2ccncc2)Nc2ccc(C)cc2)cc1OC. The number of methoxy groups -OCH3 is 2. The van der Waals surface area contributed by atoms with Gasteiger partial charge in [0, 0.05) is 23.6 Å². The fourth-order valence-corrected chi connectivity index (χ4v) is 2.70. The maximum Gasteiger partial charge on any atom is 0.258 e. The molecule has 0 aliphatic heterocycles. The smallest absolute Gasteiger partial charge is 0.258 e. The van der Waals surface area contributed by atoms with E-state index in [1.54, 1.807) is 37.7 Å². The number of hydrogen-bond donors (Lipinski definition) is 2. The van der Waals surface area contributed by atoms with Crippen molar-refractivity contribution in [2.45, 2.75) is 13.5 Å². The summed E-state index contributed by atoms with van der Waals surface area (Å²) in [6.07, 6.45) is 3.42. The highest BCUT2D eigenvalue weighted by Gasteiger charge is 2.13. The summed E-state index contributed by atoms with van der Waals surface area (Å²) in [5.74, 6) is 1.06. The number of aryl methyl sites for hydroxylation is 1. The third-order valence-corrected chi connectivity index (χ3v) is 4.36. The molecule has 1 heterocycles. The first-order valence-electron chi connectivity index (χ1n) is 9.39. The average Bonchev–Trinajstić information content (AvgIpc) is 2.79. The summed E-state index contributed by atoms with van der Waals surface area (Å²) in [5, 5.41) is 6.02. The van der Waals surface area contributed by atoms with E-state index in [-0.39, 0.29) is 5.91 Å². The van der Waals surface area contributed by atoms with Crippen molar-refractivity contribution in [1.82, 2.24) is 10.3 Å². The summed E-state index contributed by atoms with van der Waals surface area (Å²) in [7, 11) is 3.08. The summed E-state index contributed by atoms with van der Waals surface area (Å²) >= 11 is 0. The Hall–Kier alpha value is -3.87. The Morgan fingerprint density at radius 3 is 2.33 bits per heavy atom. The third kappa shape index (κ3) is 5.57. The van der Waals surface area contributed by atoms with Crippen molar-refractivity contribution in [2.24, 2.45) is 4.99 Å². The predicted octanol–water partition coefficient (Wildman–Crippen LogP) is 3.81. The van der Waals surface area contributed by atoms with Gasteiger partial charge in [0.15, 0.2) is 11.5 Å². The molecule has 30 heavy (non-hydrogen) atoms. The van der Waals surface area contributed by atoms with Crippen LogP contribution in [0, 0.1) is 6.92 Å². The highest BCUT2D eigenvalue weighted by atomic mass is 16.5. The number of amides is 1. The summed E-state index contributed by atoms with van der Waals surface area (Å²) in [6, 6.07) is 16.6. The van der Waals surface area contributed by atoms with Gasteiger partial charge in [-0.15, -0.1) is 0 Å². The predicted molar refractivity (Wildman–Crippen MR) is 117 cm³/mol. The van der Waals surface area contributed by atoms with E-state index in [0.29, 0.717) is 29.6 Å². The number of carbonyl (C=O) groups is 1. The van der Waals surface area contributed by atoms with Gasteiger partial charge in [-0.25, -0.2) is 4.99 Å². The van der Waals surface area contributed by atoms with Crippen molar-refractivity contribution in [2.75, 3.05) is 19.5 Å². The van der Waals surface area contributed by atoms with Gasteiger partial charge in [-0.3, -0.25) is 15.1 Å². The van der Waals surface area contributed by atoms with E-state index in [1.165, 1.54) is 7.11 Å². The summed E-state index contributed by atoms with van der Waals surface area (Å²) in [6.45, 7) is 2.41. The quantitative estimate of drug-likeness (QED) is 0.482. The zero-order valence-corrected chi connectivity index (χ0v) is 17.2. The second kappa shape index (κ2) is 10.1. The number of ether oxygens (including phenoxy) is 2. The molecule has 0 unspecified atom stereocenters. The Balaban J connectivity index is 1.81. The number of pyridine rings is 1. The minimum Gasteiger partial charge on any atom is -0.493 e. The van der Waals surface area contributed by atoms with E-state index in [2.05, 4.69) is 20.6 Å². The Bertz CT molecular complexity index is 1020. The van der Waals surface area contributed by atoms with Crippen molar-refractivity contribution in [1.29, 1.82) is 0 Å². The van der Waals surface area contributed by atoms with Crippen molar-refractivity contribution in [3.8, 4) is 11.5 Å². The molecular formula is C23H24N4O3. The fraction of sp³-hybridized carbons (Fsp3) is 0.174. The second-order valence-electron chi connectivity index (χ2n) is 6.54. The molecule has 3 rings (SSSR count). The summed E-state index contributed by atoms with van der Waals surface area (Å²) in [4.78, 5) is 21.4. The van der Waals surface area contributed by atoms with Crippen LogP contribution in [-0.2, 0) is 6.54 Å². The van der Waals surface area contributed by atoms with E-state index in [1.807, 2.05) is 43.3 Å². The molecule has 0 radical (unpaired) electrons. The van der Waals surface area contributed by atoms with Crippen LogP contribution in [0.1, 0.15) is 21.5 Å². The van der Waals surface area contributed by atoms with E-state index < -0.39 is 0 Å². The lowest BCUT2D eigenvalue weighted by atomic mass is 10.2. The van der Waals surface area contributed by atoms with Gasteiger partial charge < -0.3 is 14.8 Å². The Morgan fingerprint density at radius 1 is 0.967 bits per heavy atom. The average molecular weight is 404 g/mol. The van der Waals surface area contributed by atoms with Gasteiger partial charge in [0.05, 0.1) is 20.8 Å². The van der Waals surface area contributed by atoms with E-state index in [9.17, 15) is 4.79 Å². The first-order chi connectivity index (χ1) is 14.6. The summed E-state index contributed by atoms with van der Waals surface area (Å²) in [5.41, 5.74) is 3.37. The molecule has 1 aromatic heterocycles. The molecule has 1 amide bonds. The van der Waals surface area contributed by atoms with Crippen LogP contribution in [0.5, 0.6) is 11.5 Å². The number of nitrogens with zero attached hydrogens (tertiary/aromatic N) is 2. The van der Waals surface area contributed by atoms with Gasteiger partial charge in [-0.2, -0.15) is 0 Å². The van der Waals surface area contributed by atoms with Crippen LogP contribution in [-0.4, -0.2) is 31.1 Å². The lowest BCUT2D eigenvalue weighted by molar-refractivity contribution is 0.0976. The standard InChI is InChI=1S/C23H24N4O3/c1-16-4-7-19(8-5-16)26-23(25-15-17-10-12-24-13-11-17)27-22(28)18-6-9-20(29-2)21(14-18)30-3/h4-14H,15H2,1-3H3,(H2,25,26,27,28). The zero-order chi connectivity index (χ0) is 21.3. The lowest BCUT2D eigenvalue weighted by Gasteiger charge is -2.13. The lowest BCUT2D eigenvalue weighted by Crippen LogP contribution is -2.36. The van der Waals surface area contributed by atoms with Crippen LogP contribution in [0.4, 0.5) is 5.69 Å². The number of aromatic nitrogens is 1. The van der Waals surface area contributed by atoms with Gasteiger partial charge in [0.25, 0.3) is 5.91 Å². The number of hydrogen-bond acceptors (Lipinski definition) is 5. The normalized spacial score (nSPS) is 11.0. The number of carbonyl (C=O) groups excluding carboxylic acids is 1. The van der Waals surface area contributed by atoms with Crippen molar-refractivity contribution < 1.29 is 14.3 Å². The number of nitrogens with one attached hydrogen (secondary N) is 2. The minimum absolute atomic E-state index is 0.316. The summed E-state index contributed by atoms with van der Waals surface area (Å²) < 4.78 is 10.5. The van der Waals surface area contributed by atoms with Crippen LogP contribution < -0.4 is 20.1 Å². The molecule has 0 saturated heterocycles. The largest absolute Gasteiger partial charge is 0.493 e. The van der Waals surface area contributed by atoms with E-state index >= 15 is 0 Å². The van der Waals surface area contributed by atoms with Crippen molar-refractivity contribution in [3.63, 3.8) is 0 Å².